The first-order valence-electron chi connectivity index (χ1n) is 13.7. The van der Waals surface area contributed by atoms with Crippen LogP contribution in [0.25, 0.3) is 10.3 Å². The maximum atomic E-state index is 14.0. The van der Waals surface area contributed by atoms with E-state index in [1.807, 2.05) is 42.1 Å². The molecule has 0 N–H and O–H groups in total. The number of pyridine rings is 1. The third-order valence-corrected chi connectivity index (χ3v) is 11.2. The van der Waals surface area contributed by atoms with Crippen LogP contribution in [0.4, 0.5) is 10.8 Å². The van der Waals surface area contributed by atoms with Crippen LogP contribution >= 0.6 is 11.3 Å². The predicted molar refractivity (Wildman–Crippen MR) is 156 cm³/mol. The summed E-state index contributed by atoms with van der Waals surface area (Å²) in [6.45, 7) is 5.11. The van der Waals surface area contributed by atoms with E-state index in [4.69, 9.17) is 9.72 Å². The van der Waals surface area contributed by atoms with E-state index >= 15 is 0 Å². The molecule has 1 unspecified atom stereocenters. The van der Waals surface area contributed by atoms with Gasteiger partial charge in [0.25, 0.3) is 0 Å². The number of likely N-dealkylation sites (tertiary alicyclic amines) is 1. The fourth-order valence-corrected chi connectivity index (χ4v) is 8.32. The molecule has 2 aliphatic heterocycles. The van der Waals surface area contributed by atoms with E-state index < -0.39 is 10.0 Å². The van der Waals surface area contributed by atoms with Gasteiger partial charge in [0.2, 0.25) is 21.8 Å². The minimum atomic E-state index is -3.69. The highest BCUT2D eigenvalue weighted by Gasteiger charge is 2.49. The molecule has 10 nitrogen and oxygen atoms in total. The van der Waals surface area contributed by atoms with Crippen molar-refractivity contribution in [3.8, 4) is 5.88 Å². The molecule has 2 aromatic heterocycles. The SMILES string of the molecule is COc1ccc2nc(N3CC4(CCN(C(C)=O)C4)c4cc(S(=O)(=O)N(CCN(C)C)CC5CC5)ccc43)sc2n1. The van der Waals surface area contributed by atoms with Crippen LogP contribution in [0.1, 0.15) is 31.7 Å². The van der Waals surface area contributed by atoms with E-state index in [9.17, 15) is 13.2 Å². The van der Waals surface area contributed by atoms with Crippen molar-refractivity contribution in [3.05, 3.63) is 35.9 Å². The highest BCUT2D eigenvalue weighted by Crippen LogP contribution is 2.51. The quantitative estimate of drug-likeness (QED) is 0.378. The largest absolute Gasteiger partial charge is 0.481 e. The molecule has 40 heavy (non-hydrogen) atoms. The number of rotatable bonds is 9. The summed E-state index contributed by atoms with van der Waals surface area (Å²) in [6, 6.07) is 9.24. The third kappa shape index (κ3) is 4.95. The first-order valence-corrected chi connectivity index (χ1v) is 16.0. The van der Waals surface area contributed by atoms with E-state index in [-0.39, 0.29) is 11.3 Å². The average Bonchev–Trinajstić information content (AvgIpc) is 3.35. The van der Waals surface area contributed by atoms with Crippen LogP contribution in [0.3, 0.4) is 0 Å². The van der Waals surface area contributed by atoms with Crippen molar-refractivity contribution in [1.29, 1.82) is 0 Å². The van der Waals surface area contributed by atoms with Crippen molar-refractivity contribution in [1.82, 2.24) is 24.1 Å². The molecule has 1 saturated heterocycles. The summed E-state index contributed by atoms with van der Waals surface area (Å²) in [6.07, 6.45) is 2.93. The molecule has 0 radical (unpaired) electrons. The lowest BCUT2D eigenvalue weighted by Crippen LogP contribution is -2.38. The monoisotopic (exact) mass is 584 g/mol. The van der Waals surface area contributed by atoms with Crippen LogP contribution in [0.15, 0.2) is 35.2 Å². The lowest BCUT2D eigenvalue weighted by molar-refractivity contribution is -0.127. The number of thiazole rings is 1. The summed E-state index contributed by atoms with van der Waals surface area (Å²) in [5.74, 6) is 1.02. The van der Waals surface area contributed by atoms with Crippen molar-refractivity contribution < 1.29 is 17.9 Å². The van der Waals surface area contributed by atoms with Crippen molar-refractivity contribution in [3.63, 3.8) is 0 Å². The van der Waals surface area contributed by atoms with Gasteiger partial charge in [-0.15, -0.1) is 0 Å². The molecule has 0 bridgehead atoms. The molecule has 1 saturated carbocycles. The number of likely N-dealkylation sites (N-methyl/N-ethyl adjacent to an activating group) is 1. The van der Waals surface area contributed by atoms with Gasteiger partial charge in [-0.25, -0.2) is 18.4 Å². The molecule has 3 aromatic rings. The summed E-state index contributed by atoms with van der Waals surface area (Å²) < 4.78 is 35.0. The zero-order valence-corrected chi connectivity index (χ0v) is 25.1. The van der Waals surface area contributed by atoms with Gasteiger partial charge in [-0.2, -0.15) is 4.31 Å². The molecule has 3 aliphatic rings. The third-order valence-electron chi connectivity index (χ3n) is 8.34. The molecule has 4 heterocycles. The predicted octanol–water partition coefficient (Wildman–Crippen LogP) is 3.30. The average molecular weight is 585 g/mol. The number of amides is 1. The smallest absolute Gasteiger partial charge is 0.243 e. The number of benzene rings is 1. The zero-order valence-electron chi connectivity index (χ0n) is 23.5. The Bertz CT molecular complexity index is 1550. The second-order valence-corrected chi connectivity index (χ2v) is 14.4. The molecule has 214 valence electrons. The van der Waals surface area contributed by atoms with E-state index in [2.05, 4.69) is 9.88 Å². The lowest BCUT2D eigenvalue weighted by atomic mass is 9.81. The standard InChI is InChI=1S/C28H36N6O4S2/c1-19(35)32-12-11-28(17-32)18-34(27-29-23-8-10-25(38-4)30-26(23)39-27)24-9-7-21(15-22(24)28)40(36,37)33(14-13-31(2)3)16-20-5-6-20/h7-10,15,20H,5-6,11-14,16-18H2,1-4H3. The number of fused-ring (bicyclic) bond motifs is 3. The lowest BCUT2D eigenvalue weighted by Gasteiger charge is -2.26. The second kappa shape index (κ2) is 10.2. The van der Waals surface area contributed by atoms with Crippen LogP contribution in [-0.4, -0.2) is 98.9 Å². The van der Waals surface area contributed by atoms with E-state index in [1.54, 1.807) is 30.5 Å². The fourth-order valence-electron chi connectivity index (χ4n) is 5.85. The first-order chi connectivity index (χ1) is 19.1. The maximum Gasteiger partial charge on any atom is 0.243 e. The van der Waals surface area contributed by atoms with Gasteiger partial charge in [-0.1, -0.05) is 11.3 Å². The Labute approximate surface area is 239 Å². The van der Waals surface area contributed by atoms with E-state index in [0.29, 0.717) is 56.0 Å². The van der Waals surface area contributed by atoms with Crippen LogP contribution in [0.5, 0.6) is 5.88 Å². The van der Waals surface area contributed by atoms with Crippen molar-refractivity contribution in [2.75, 3.05) is 65.4 Å². The molecular weight excluding hydrogens is 548 g/mol. The number of sulfonamides is 1. The van der Waals surface area contributed by atoms with Crippen molar-refractivity contribution in [2.24, 2.45) is 5.92 Å². The van der Waals surface area contributed by atoms with Gasteiger partial charge in [-0.3, -0.25) is 4.79 Å². The number of carbonyl (C=O) groups is 1. The molecular formula is C28H36N6O4S2. The number of methoxy groups -OCH3 is 1. The van der Waals surface area contributed by atoms with Crippen LogP contribution < -0.4 is 9.64 Å². The molecule has 1 amide bonds. The Balaban J connectivity index is 1.41. The van der Waals surface area contributed by atoms with Gasteiger partial charge >= 0.3 is 0 Å². The van der Waals surface area contributed by atoms with Crippen LogP contribution in [0, 0.1) is 5.92 Å². The first kappa shape index (κ1) is 27.4. The Morgan fingerprint density at radius 3 is 2.62 bits per heavy atom. The van der Waals surface area contributed by atoms with Gasteiger partial charge in [-0.05, 0) is 69.1 Å². The Morgan fingerprint density at radius 2 is 1.95 bits per heavy atom. The number of aromatic nitrogens is 2. The highest BCUT2D eigenvalue weighted by atomic mass is 32.2. The summed E-state index contributed by atoms with van der Waals surface area (Å²) >= 11 is 1.49. The summed E-state index contributed by atoms with van der Waals surface area (Å²) in [7, 11) is 1.83. The minimum absolute atomic E-state index is 0.0382. The van der Waals surface area contributed by atoms with Crippen LogP contribution in [0.2, 0.25) is 0 Å². The number of anilines is 2. The molecule has 1 atom stereocenters. The summed E-state index contributed by atoms with van der Waals surface area (Å²) in [5, 5.41) is 0.798. The maximum absolute atomic E-state index is 14.0. The molecule has 1 spiro atoms. The number of ether oxygens (including phenoxy) is 1. The number of nitrogens with zero attached hydrogens (tertiary/aromatic N) is 6. The van der Waals surface area contributed by atoms with Gasteiger partial charge < -0.3 is 19.4 Å². The molecule has 2 fully saturated rings. The van der Waals surface area contributed by atoms with Crippen LogP contribution in [-0.2, 0) is 20.2 Å². The Kier molecular flexibility index (Phi) is 7.00. The van der Waals surface area contributed by atoms with Crippen molar-refractivity contribution in [2.45, 2.75) is 36.5 Å². The number of carbonyl (C=O) groups excluding carboxylic acids is 1. The highest BCUT2D eigenvalue weighted by molar-refractivity contribution is 7.89. The van der Waals surface area contributed by atoms with Gasteiger partial charge in [0.15, 0.2) is 5.13 Å². The fraction of sp³-hybridized carbons (Fsp3) is 0.536. The number of hydrogen-bond acceptors (Lipinski definition) is 9. The summed E-state index contributed by atoms with van der Waals surface area (Å²) in [5.41, 5.74) is 2.33. The summed E-state index contributed by atoms with van der Waals surface area (Å²) in [4.78, 5) is 28.9. The number of hydrogen-bond donors (Lipinski definition) is 0. The topological polar surface area (TPSA) is 99.2 Å². The minimum Gasteiger partial charge on any atom is -0.481 e. The normalized spacial score (nSPS) is 20.9. The molecule has 1 aromatic carbocycles. The molecule has 1 aliphatic carbocycles. The van der Waals surface area contributed by atoms with Gasteiger partial charge in [0.05, 0.1) is 12.0 Å². The van der Waals surface area contributed by atoms with Gasteiger partial charge in [0.1, 0.15) is 10.3 Å². The second-order valence-electron chi connectivity index (χ2n) is 11.5. The van der Waals surface area contributed by atoms with E-state index in [1.165, 1.54) is 11.3 Å². The molecule has 6 rings (SSSR count). The zero-order chi connectivity index (χ0) is 28.2. The van der Waals surface area contributed by atoms with Gasteiger partial charge in [0, 0.05) is 63.4 Å². The Morgan fingerprint density at radius 1 is 1.15 bits per heavy atom. The Hall–Kier alpha value is -2.80. The molecule has 12 heteroatoms. The van der Waals surface area contributed by atoms with E-state index in [0.717, 1.165) is 46.0 Å². The van der Waals surface area contributed by atoms with Crippen molar-refractivity contribution >= 4 is 48.4 Å².